The number of para-hydroxylation sites is 1. The molecule has 2 amide bonds. The van der Waals surface area contributed by atoms with Gasteiger partial charge < -0.3 is 15.0 Å². The molecule has 5 heteroatoms. The lowest BCUT2D eigenvalue weighted by Gasteiger charge is -2.30. The molecule has 0 spiro atoms. The first kappa shape index (κ1) is 21.4. The SMILES string of the molecule is O=C(Nc1cccc(Oc2ccccc2)c1)C1CCN(C(=O)/C=C/c2ccccc2)CC1. The van der Waals surface area contributed by atoms with Crippen LogP contribution in [0.15, 0.2) is 91.0 Å². The first-order valence-electron chi connectivity index (χ1n) is 10.8. The number of amides is 2. The molecule has 0 atom stereocenters. The molecular formula is C27H26N2O3. The van der Waals surface area contributed by atoms with Gasteiger partial charge in [-0.25, -0.2) is 0 Å². The van der Waals surface area contributed by atoms with Crippen LogP contribution in [0.1, 0.15) is 18.4 Å². The third kappa shape index (κ3) is 5.85. The number of carbonyl (C=O) groups excluding carboxylic acids is 2. The first-order valence-corrected chi connectivity index (χ1v) is 10.8. The average molecular weight is 427 g/mol. The number of carbonyl (C=O) groups is 2. The van der Waals surface area contributed by atoms with Crippen molar-refractivity contribution in [3.63, 3.8) is 0 Å². The Morgan fingerprint density at radius 2 is 1.50 bits per heavy atom. The summed E-state index contributed by atoms with van der Waals surface area (Å²) >= 11 is 0. The second kappa shape index (κ2) is 10.4. The molecular weight excluding hydrogens is 400 g/mol. The lowest BCUT2D eigenvalue weighted by Crippen LogP contribution is -2.40. The van der Waals surface area contributed by atoms with Crippen molar-refractivity contribution in [3.05, 3.63) is 96.6 Å². The third-order valence-electron chi connectivity index (χ3n) is 5.48. The highest BCUT2D eigenvalue weighted by Crippen LogP contribution is 2.25. The monoisotopic (exact) mass is 426 g/mol. The Hall–Kier alpha value is -3.86. The van der Waals surface area contributed by atoms with Crippen LogP contribution in [0.5, 0.6) is 11.5 Å². The van der Waals surface area contributed by atoms with Gasteiger partial charge in [0.05, 0.1) is 0 Å². The van der Waals surface area contributed by atoms with Crippen LogP contribution in [0.25, 0.3) is 6.08 Å². The molecule has 1 N–H and O–H groups in total. The fraction of sp³-hybridized carbons (Fsp3) is 0.185. The van der Waals surface area contributed by atoms with Crippen LogP contribution in [-0.4, -0.2) is 29.8 Å². The van der Waals surface area contributed by atoms with Crippen molar-refractivity contribution in [1.29, 1.82) is 0 Å². The van der Waals surface area contributed by atoms with Gasteiger partial charge in [0, 0.05) is 36.8 Å². The van der Waals surface area contributed by atoms with Crippen LogP contribution in [0.2, 0.25) is 0 Å². The van der Waals surface area contributed by atoms with E-state index in [0.717, 1.165) is 11.3 Å². The maximum Gasteiger partial charge on any atom is 0.246 e. The largest absolute Gasteiger partial charge is 0.457 e. The quantitative estimate of drug-likeness (QED) is 0.539. The fourth-order valence-corrected chi connectivity index (χ4v) is 3.71. The number of piperidine rings is 1. The van der Waals surface area contributed by atoms with Crippen molar-refractivity contribution >= 4 is 23.6 Å². The van der Waals surface area contributed by atoms with Gasteiger partial charge in [-0.1, -0.05) is 54.6 Å². The zero-order chi connectivity index (χ0) is 22.2. The van der Waals surface area contributed by atoms with Crippen molar-refractivity contribution in [2.75, 3.05) is 18.4 Å². The van der Waals surface area contributed by atoms with Crippen LogP contribution in [0.3, 0.4) is 0 Å². The highest BCUT2D eigenvalue weighted by molar-refractivity contribution is 5.94. The Morgan fingerprint density at radius 3 is 2.22 bits per heavy atom. The summed E-state index contributed by atoms with van der Waals surface area (Å²) < 4.78 is 5.84. The van der Waals surface area contributed by atoms with E-state index in [1.54, 1.807) is 11.0 Å². The lowest BCUT2D eigenvalue weighted by molar-refractivity contribution is -0.130. The number of anilines is 1. The van der Waals surface area contributed by atoms with E-state index < -0.39 is 0 Å². The van der Waals surface area contributed by atoms with E-state index in [9.17, 15) is 9.59 Å². The molecule has 5 nitrogen and oxygen atoms in total. The molecule has 1 aliphatic rings. The van der Waals surface area contributed by atoms with E-state index in [-0.39, 0.29) is 17.7 Å². The summed E-state index contributed by atoms with van der Waals surface area (Å²) in [5.74, 6) is 1.26. The minimum Gasteiger partial charge on any atom is -0.457 e. The Bertz CT molecular complexity index is 1070. The number of hydrogen-bond donors (Lipinski definition) is 1. The first-order chi connectivity index (χ1) is 15.7. The second-order valence-electron chi connectivity index (χ2n) is 7.78. The average Bonchev–Trinajstić information content (AvgIpc) is 2.84. The Kier molecular flexibility index (Phi) is 6.98. The lowest BCUT2D eigenvalue weighted by atomic mass is 9.95. The zero-order valence-electron chi connectivity index (χ0n) is 17.8. The standard InChI is InChI=1S/C27H26N2O3/c30-26(15-14-21-8-3-1-4-9-21)29-18-16-22(17-19-29)27(31)28-23-10-7-13-25(20-23)32-24-11-5-2-6-12-24/h1-15,20,22H,16-19H2,(H,28,31)/b15-14+. The maximum atomic E-state index is 12.8. The van der Waals surface area contributed by atoms with Gasteiger partial charge in [0.25, 0.3) is 0 Å². The summed E-state index contributed by atoms with van der Waals surface area (Å²) in [5.41, 5.74) is 1.70. The van der Waals surface area contributed by atoms with E-state index in [4.69, 9.17) is 4.74 Å². The Balaban J connectivity index is 1.28. The minimum absolute atomic E-state index is 0.0153. The maximum absolute atomic E-state index is 12.8. The van der Waals surface area contributed by atoms with Gasteiger partial charge in [0.15, 0.2) is 0 Å². The van der Waals surface area contributed by atoms with Gasteiger partial charge in [-0.15, -0.1) is 0 Å². The van der Waals surface area contributed by atoms with Gasteiger partial charge in [0.1, 0.15) is 11.5 Å². The second-order valence-corrected chi connectivity index (χ2v) is 7.78. The highest BCUT2D eigenvalue weighted by Gasteiger charge is 2.26. The summed E-state index contributed by atoms with van der Waals surface area (Å²) in [7, 11) is 0. The summed E-state index contributed by atoms with van der Waals surface area (Å²) in [6, 6.07) is 26.7. The van der Waals surface area contributed by atoms with E-state index in [2.05, 4.69) is 5.32 Å². The van der Waals surface area contributed by atoms with E-state index in [0.29, 0.717) is 37.4 Å². The van der Waals surface area contributed by atoms with Crippen LogP contribution in [-0.2, 0) is 9.59 Å². The summed E-state index contributed by atoms with van der Waals surface area (Å²) in [6.45, 7) is 1.15. The van der Waals surface area contributed by atoms with Crippen LogP contribution in [0.4, 0.5) is 5.69 Å². The molecule has 0 radical (unpaired) electrons. The summed E-state index contributed by atoms with van der Waals surface area (Å²) in [4.78, 5) is 27.0. The molecule has 1 saturated heterocycles. The van der Waals surface area contributed by atoms with E-state index in [1.807, 2.05) is 91.0 Å². The van der Waals surface area contributed by atoms with E-state index in [1.165, 1.54) is 0 Å². The smallest absolute Gasteiger partial charge is 0.246 e. The molecule has 0 unspecified atom stereocenters. The van der Waals surface area contributed by atoms with Crippen LogP contribution in [0, 0.1) is 5.92 Å². The van der Waals surface area contributed by atoms with Crippen molar-refractivity contribution in [3.8, 4) is 11.5 Å². The predicted octanol–water partition coefficient (Wildman–Crippen LogP) is 5.37. The van der Waals surface area contributed by atoms with Crippen LogP contribution >= 0.6 is 0 Å². The van der Waals surface area contributed by atoms with Gasteiger partial charge >= 0.3 is 0 Å². The molecule has 0 saturated carbocycles. The summed E-state index contributed by atoms with van der Waals surface area (Å²) in [6.07, 6.45) is 4.73. The number of rotatable bonds is 6. The predicted molar refractivity (Wildman–Crippen MR) is 126 cm³/mol. The van der Waals surface area contributed by atoms with Gasteiger partial charge in [-0.2, -0.15) is 0 Å². The Labute approximate surface area is 188 Å². The van der Waals surface area contributed by atoms with Gasteiger partial charge in [0.2, 0.25) is 11.8 Å². The molecule has 0 aromatic heterocycles. The third-order valence-corrected chi connectivity index (χ3v) is 5.48. The number of ether oxygens (including phenoxy) is 1. The van der Waals surface area contributed by atoms with Gasteiger partial charge in [-0.05, 0) is 48.7 Å². The van der Waals surface area contributed by atoms with E-state index >= 15 is 0 Å². The molecule has 4 rings (SSSR count). The molecule has 3 aromatic rings. The van der Waals surface area contributed by atoms with Crippen molar-refractivity contribution < 1.29 is 14.3 Å². The molecule has 1 heterocycles. The number of nitrogens with zero attached hydrogens (tertiary/aromatic N) is 1. The van der Waals surface area contributed by atoms with Crippen molar-refractivity contribution in [2.24, 2.45) is 5.92 Å². The molecule has 3 aromatic carbocycles. The normalized spacial score (nSPS) is 14.3. The van der Waals surface area contributed by atoms with Crippen molar-refractivity contribution in [1.82, 2.24) is 4.90 Å². The topological polar surface area (TPSA) is 58.6 Å². The number of benzene rings is 3. The molecule has 0 bridgehead atoms. The minimum atomic E-state index is -0.115. The number of likely N-dealkylation sites (tertiary alicyclic amines) is 1. The summed E-state index contributed by atoms with van der Waals surface area (Å²) in [5, 5.41) is 2.99. The highest BCUT2D eigenvalue weighted by atomic mass is 16.5. The van der Waals surface area contributed by atoms with Gasteiger partial charge in [-0.3, -0.25) is 9.59 Å². The molecule has 1 aliphatic heterocycles. The number of nitrogens with one attached hydrogen (secondary N) is 1. The molecule has 32 heavy (non-hydrogen) atoms. The van der Waals surface area contributed by atoms with Crippen molar-refractivity contribution in [2.45, 2.75) is 12.8 Å². The number of hydrogen-bond acceptors (Lipinski definition) is 3. The fourth-order valence-electron chi connectivity index (χ4n) is 3.71. The molecule has 162 valence electrons. The van der Waals surface area contributed by atoms with Crippen LogP contribution < -0.4 is 10.1 Å². The molecule has 0 aliphatic carbocycles. The molecule has 1 fully saturated rings. The zero-order valence-corrected chi connectivity index (χ0v) is 17.8. The Morgan fingerprint density at radius 1 is 0.844 bits per heavy atom.